The summed E-state index contributed by atoms with van der Waals surface area (Å²) in [6.07, 6.45) is 2.40. The lowest BCUT2D eigenvalue weighted by molar-refractivity contribution is 0.0655. The van der Waals surface area contributed by atoms with Crippen molar-refractivity contribution in [2.75, 3.05) is 12.3 Å². The molecule has 4 rings (SSSR count). The number of carbonyl (C=O) groups is 2. The predicted octanol–water partition coefficient (Wildman–Crippen LogP) is 3.66. The average Bonchev–Trinajstić information content (AvgIpc) is 3.23. The summed E-state index contributed by atoms with van der Waals surface area (Å²) in [4.78, 5) is 26.1. The first kappa shape index (κ1) is 18.4. The Kier molecular flexibility index (Phi) is 5.00. The zero-order valence-electron chi connectivity index (χ0n) is 15.8. The highest BCUT2D eigenvalue weighted by Gasteiger charge is 2.34. The molecule has 1 aliphatic heterocycles. The fraction of sp³-hybridized carbons (Fsp3) is 0.238. The third kappa shape index (κ3) is 3.33. The minimum atomic E-state index is -0.205. The molecule has 1 aromatic heterocycles. The van der Waals surface area contributed by atoms with E-state index in [1.54, 1.807) is 42.4 Å². The third-order valence-electron chi connectivity index (χ3n) is 4.76. The zero-order valence-corrected chi connectivity index (χ0v) is 16.6. The number of carbonyl (C=O) groups excluding carboxylic acids is 2. The maximum Gasteiger partial charge on any atom is 0.261 e. The van der Waals surface area contributed by atoms with Crippen molar-refractivity contribution < 1.29 is 9.59 Å². The molecular formula is C21H20N4O2S. The number of benzene rings is 2. The number of hydrogen-bond donors (Lipinski definition) is 0. The van der Waals surface area contributed by atoms with Crippen LogP contribution in [0.2, 0.25) is 0 Å². The van der Waals surface area contributed by atoms with Crippen LogP contribution in [0.1, 0.15) is 38.3 Å². The largest absolute Gasteiger partial charge is 0.276 e. The average molecular weight is 392 g/mol. The van der Waals surface area contributed by atoms with E-state index >= 15 is 0 Å². The van der Waals surface area contributed by atoms with Gasteiger partial charge in [0, 0.05) is 12.3 Å². The van der Waals surface area contributed by atoms with Crippen molar-refractivity contribution in [1.82, 2.24) is 19.7 Å². The standard InChI is InChI=1S/C21H20N4O2S/c1-14-8-9-18(15(2)12-14)25-13-22-23-21(25)28-11-5-10-24-19(26)16-6-3-4-7-17(16)20(24)27/h3-4,6-9,12-13H,5,10-11H2,1-2H3. The fourth-order valence-electron chi connectivity index (χ4n) is 3.39. The van der Waals surface area contributed by atoms with Gasteiger partial charge in [0.25, 0.3) is 11.8 Å². The van der Waals surface area contributed by atoms with Crippen LogP contribution in [0.5, 0.6) is 0 Å². The Morgan fingerprint density at radius 2 is 1.71 bits per heavy atom. The number of rotatable bonds is 6. The van der Waals surface area contributed by atoms with Gasteiger partial charge in [-0.2, -0.15) is 0 Å². The molecule has 2 amide bonds. The molecule has 2 heterocycles. The van der Waals surface area contributed by atoms with Crippen molar-refractivity contribution >= 4 is 23.6 Å². The van der Waals surface area contributed by atoms with Crippen LogP contribution < -0.4 is 0 Å². The Balaban J connectivity index is 1.38. The second kappa shape index (κ2) is 7.59. The maximum atomic E-state index is 12.4. The van der Waals surface area contributed by atoms with Gasteiger partial charge in [0.05, 0.1) is 16.8 Å². The molecule has 1 aliphatic rings. The highest BCUT2D eigenvalue weighted by atomic mass is 32.2. The zero-order chi connectivity index (χ0) is 19.7. The Labute approximate surface area is 167 Å². The van der Waals surface area contributed by atoms with Crippen LogP contribution >= 0.6 is 11.8 Å². The van der Waals surface area contributed by atoms with E-state index < -0.39 is 0 Å². The Morgan fingerprint density at radius 3 is 2.39 bits per heavy atom. The lowest BCUT2D eigenvalue weighted by Crippen LogP contribution is -2.31. The Bertz CT molecular complexity index is 1030. The molecule has 2 aromatic carbocycles. The smallest absolute Gasteiger partial charge is 0.261 e. The molecule has 0 radical (unpaired) electrons. The third-order valence-corrected chi connectivity index (χ3v) is 5.79. The lowest BCUT2D eigenvalue weighted by Gasteiger charge is -2.13. The van der Waals surface area contributed by atoms with Crippen molar-refractivity contribution in [2.24, 2.45) is 0 Å². The monoisotopic (exact) mass is 392 g/mol. The molecule has 0 saturated heterocycles. The van der Waals surface area contributed by atoms with Gasteiger partial charge in [-0.1, -0.05) is 41.6 Å². The van der Waals surface area contributed by atoms with E-state index in [-0.39, 0.29) is 11.8 Å². The van der Waals surface area contributed by atoms with Gasteiger partial charge in [0.15, 0.2) is 5.16 Å². The molecule has 0 spiro atoms. The van der Waals surface area contributed by atoms with Crippen molar-refractivity contribution in [2.45, 2.75) is 25.4 Å². The summed E-state index contributed by atoms with van der Waals surface area (Å²) in [7, 11) is 0. The molecule has 0 fully saturated rings. The molecule has 7 heteroatoms. The van der Waals surface area contributed by atoms with Gasteiger partial charge in [0.1, 0.15) is 6.33 Å². The van der Waals surface area contributed by atoms with Gasteiger partial charge in [0.2, 0.25) is 0 Å². The highest BCUT2D eigenvalue weighted by Crippen LogP contribution is 2.25. The summed E-state index contributed by atoms with van der Waals surface area (Å²) in [5.41, 5.74) is 4.42. The molecule has 28 heavy (non-hydrogen) atoms. The molecule has 0 aliphatic carbocycles. The number of fused-ring (bicyclic) bond motifs is 1. The summed E-state index contributed by atoms with van der Waals surface area (Å²) < 4.78 is 1.97. The van der Waals surface area contributed by atoms with Gasteiger partial charge in [-0.15, -0.1) is 10.2 Å². The summed E-state index contributed by atoms with van der Waals surface area (Å²) in [6, 6.07) is 13.2. The number of hydrogen-bond acceptors (Lipinski definition) is 5. The van der Waals surface area contributed by atoms with Crippen LogP contribution in [-0.2, 0) is 0 Å². The second-order valence-electron chi connectivity index (χ2n) is 6.78. The summed E-state index contributed by atoms with van der Waals surface area (Å²) in [5, 5.41) is 9.06. The van der Waals surface area contributed by atoms with E-state index in [0.29, 0.717) is 24.1 Å². The number of amides is 2. The van der Waals surface area contributed by atoms with Crippen LogP contribution in [0.3, 0.4) is 0 Å². The number of aryl methyl sites for hydroxylation is 2. The first-order valence-corrected chi connectivity index (χ1v) is 10.1. The van der Waals surface area contributed by atoms with E-state index in [2.05, 4.69) is 42.2 Å². The van der Waals surface area contributed by atoms with Crippen molar-refractivity contribution in [1.29, 1.82) is 0 Å². The molecule has 0 atom stereocenters. The highest BCUT2D eigenvalue weighted by molar-refractivity contribution is 7.99. The van der Waals surface area contributed by atoms with Crippen molar-refractivity contribution in [3.05, 3.63) is 71.0 Å². The van der Waals surface area contributed by atoms with Gasteiger partial charge < -0.3 is 0 Å². The fourth-order valence-corrected chi connectivity index (χ4v) is 4.24. The quantitative estimate of drug-likeness (QED) is 0.364. The maximum absolute atomic E-state index is 12.4. The molecule has 0 saturated carbocycles. The SMILES string of the molecule is Cc1ccc(-n2cnnc2SCCCN2C(=O)c3ccccc3C2=O)c(C)c1. The summed E-state index contributed by atoms with van der Waals surface area (Å²) in [5.74, 6) is 0.324. The predicted molar refractivity (Wildman–Crippen MR) is 108 cm³/mol. The van der Waals surface area contributed by atoms with Crippen molar-refractivity contribution in [3.63, 3.8) is 0 Å². The molecule has 0 N–H and O–H groups in total. The first-order chi connectivity index (χ1) is 13.6. The van der Waals surface area contributed by atoms with Gasteiger partial charge in [-0.25, -0.2) is 0 Å². The van der Waals surface area contributed by atoms with Gasteiger partial charge >= 0.3 is 0 Å². The molecule has 0 bridgehead atoms. The normalized spacial score (nSPS) is 13.3. The summed E-state index contributed by atoms with van der Waals surface area (Å²) >= 11 is 1.57. The number of imide groups is 1. The van der Waals surface area contributed by atoms with E-state index in [9.17, 15) is 9.59 Å². The van der Waals surface area contributed by atoms with E-state index in [4.69, 9.17) is 0 Å². The van der Waals surface area contributed by atoms with E-state index in [1.165, 1.54) is 10.5 Å². The number of nitrogens with zero attached hydrogens (tertiary/aromatic N) is 4. The second-order valence-corrected chi connectivity index (χ2v) is 7.85. The van der Waals surface area contributed by atoms with Gasteiger partial charge in [-0.3, -0.25) is 19.1 Å². The number of aromatic nitrogens is 3. The minimum absolute atomic E-state index is 0.205. The molecule has 3 aromatic rings. The van der Waals surface area contributed by atoms with Crippen LogP contribution in [-0.4, -0.2) is 43.8 Å². The van der Waals surface area contributed by atoms with Crippen LogP contribution in [0.15, 0.2) is 53.9 Å². The first-order valence-electron chi connectivity index (χ1n) is 9.12. The Hall–Kier alpha value is -2.93. The van der Waals surface area contributed by atoms with E-state index in [0.717, 1.165) is 22.2 Å². The lowest BCUT2D eigenvalue weighted by atomic mass is 10.1. The summed E-state index contributed by atoms with van der Waals surface area (Å²) in [6.45, 7) is 4.54. The van der Waals surface area contributed by atoms with Crippen LogP contribution in [0, 0.1) is 13.8 Å². The molecular weight excluding hydrogens is 372 g/mol. The Morgan fingerprint density at radius 1 is 1.00 bits per heavy atom. The minimum Gasteiger partial charge on any atom is -0.276 e. The van der Waals surface area contributed by atoms with Crippen LogP contribution in [0.25, 0.3) is 5.69 Å². The van der Waals surface area contributed by atoms with Crippen LogP contribution in [0.4, 0.5) is 0 Å². The topological polar surface area (TPSA) is 68.1 Å². The molecule has 142 valence electrons. The van der Waals surface area contributed by atoms with E-state index in [1.807, 2.05) is 4.57 Å². The molecule has 6 nitrogen and oxygen atoms in total. The van der Waals surface area contributed by atoms with Gasteiger partial charge in [-0.05, 0) is 44.0 Å². The molecule has 0 unspecified atom stereocenters. The van der Waals surface area contributed by atoms with Crippen molar-refractivity contribution in [3.8, 4) is 5.69 Å². The number of thioether (sulfide) groups is 1.